The maximum atomic E-state index is 13.8. The van der Waals surface area contributed by atoms with Crippen LogP contribution < -0.4 is 35.6 Å². The Labute approximate surface area is 271 Å². The third-order valence-corrected chi connectivity index (χ3v) is 8.72. The van der Waals surface area contributed by atoms with E-state index in [0.717, 1.165) is 22.5 Å². The summed E-state index contributed by atoms with van der Waals surface area (Å²) in [6.45, 7) is 8.74. The van der Waals surface area contributed by atoms with Crippen molar-refractivity contribution in [2.45, 2.75) is 59.5 Å². The number of rotatable bonds is 11. The molecule has 0 saturated heterocycles. The van der Waals surface area contributed by atoms with Crippen LogP contribution in [0.3, 0.4) is 0 Å². The first-order valence-corrected chi connectivity index (χ1v) is 15.7. The molecule has 12 nitrogen and oxygen atoms in total. The molecule has 0 bridgehead atoms. The van der Waals surface area contributed by atoms with Crippen molar-refractivity contribution in [2.75, 3.05) is 38.6 Å². The largest absolute Gasteiger partial charge is 0.493 e. The van der Waals surface area contributed by atoms with E-state index in [9.17, 15) is 19.2 Å². The number of fused-ring (bicyclic) bond motifs is 3. The predicted octanol–water partition coefficient (Wildman–Crippen LogP) is 4.88. The highest BCUT2D eigenvalue weighted by Gasteiger charge is 2.30. The molecule has 3 N–H and O–H groups in total. The molecule has 46 heavy (non-hydrogen) atoms. The molecule has 1 aliphatic rings. The maximum absolute atomic E-state index is 13.8. The second-order valence-corrected chi connectivity index (χ2v) is 12.1. The van der Waals surface area contributed by atoms with Gasteiger partial charge in [0, 0.05) is 12.5 Å². The minimum Gasteiger partial charge on any atom is -0.493 e. The van der Waals surface area contributed by atoms with Gasteiger partial charge in [-0.05, 0) is 67.5 Å². The minimum absolute atomic E-state index is 0.187. The zero-order valence-electron chi connectivity index (χ0n) is 27.3. The van der Waals surface area contributed by atoms with Crippen LogP contribution in [0.25, 0.3) is 11.1 Å². The van der Waals surface area contributed by atoms with Crippen LogP contribution in [0.1, 0.15) is 66.7 Å². The third kappa shape index (κ3) is 7.09. The lowest BCUT2D eigenvalue weighted by molar-refractivity contribution is -0.120. The number of thiazole rings is 1. The van der Waals surface area contributed by atoms with E-state index in [-0.39, 0.29) is 34.7 Å². The van der Waals surface area contributed by atoms with E-state index >= 15 is 0 Å². The molecular weight excluding hydrogens is 612 g/mol. The Morgan fingerprint density at radius 3 is 2.39 bits per heavy atom. The summed E-state index contributed by atoms with van der Waals surface area (Å²) >= 11 is 1.03. The predicted molar refractivity (Wildman–Crippen MR) is 176 cm³/mol. The first-order valence-electron chi connectivity index (χ1n) is 14.9. The number of benzene rings is 1. The van der Waals surface area contributed by atoms with Gasteiger partial charge in [-0.1, -0.05) is 31.3 Å². The molecule has 0 fully saturated rings. The van der Waals surface area contributed by atoms with Crippen LogP contribution in [0.5, 0.6) is 17.2 Å². The molecule has 2 aromatic carbocycles. The number of nitrogens with zero attached hydrogens (tertiary/aromatic N) is 1. The van der Waals surface area contributed by atoms with Gasteiger partial charge in [-0.25, -0.2) is 9.78 Å². The summed E-state index contributed by atoms with van der Waals surface area (Å²) in [4.78, 5) is 56.4. The van der Waals surface area contributed by atoms with Crippen molar-refractivity contribution < 1.29 is 33.3 Å². The maximum Gasteiger partial charge on any atom is 0.350 e. The molecule has 0 radical (unpaired) electrons. The minimum atomic E-state index is -0.831. The summed E-state index contributed by atoms with van der Waals surface area (Å²) in [5.41, 5.74) is 3.17. The number of carbonyl (C=O) groups excluding carboxylic acids is 3. The van der Waals surface area contributed by atoms with Crippen LogP contribution in [0.2, 0.25) is 0 Å². The fourth-order valence-corrected chi connectivity index (χ4v) is 6.41. The number of aromatic nitrogens is 1. The zero-order chi connectivity index (χ0) is 33.7. The fraction of sp³-hybridized carbons (Fsp3) is 0.424. The van der Waals surface area contributed by atoms with Crippen molar-refractivity contribution >= 4 is 39.9 Å². The van der Waals surface area contributed by atoms with E-state index in [2.05, 4.69) is 20.9 Å². The van der Waals surface area contributed by atoms with Crippen molar-refractivity contribution in [1.82, 2.24) is 10.3 Å². The lowest BCUT2D eigenvalue weighted by Gasteiger charge is -2.21. The average molecular weight is 653 g/mol. The number of anilines is 2. The van der Waals surface area contributed by atoms with Gasteiger partial charge >= 0.3 is 5.97 Å². The van der Waals surface area contributed by atoms with Gasteiger partial charge in [-0.2, -0.15) is 0 Å². The second-order valence-electron chi connectivity index (χ2n) is 11.1. The fourth-order valence-electron chi connectivity index (χ4n) is 5.55. The van der Waals surface area contributed by atoms with Crippen molar-refractivity contribution in [2.24, 2.45) is 5.92 Å². The molecule has 2 atom stereocenters. The molecule has 0 saturated carbocycles. The van der Waals surface area contributed by atoms with Crippen LogP contribution >= 0.6 is 11.3 Å². The topological polar surface area (TPSA) is 154 Å². The van der Waals surface area contributed by atoms with Crippen LogP contribution in [-0.4, -0.2) is 56.7 Å². The summed E-state index contributed by atoms with van der Waals surface area (Å²) in [6.07, 6.45) is 1.08. The van der Waals surface area contributed by atoms with E-state index in [1.807, 2.05) is 19.9 Å². The molecule has 1 aromatic heterocycles. The number of amides is 2. The number of methoxy groups -OCH3 is 3. The van der Waals surface area contributed by atoms with Gasteiger partial charge in [0.15, 0.2) is 16.6 Å². The highest BCUT2D eigenvalue weighted by atomic mass is 32.1. The quantitative estimate of drug-likeness (QED) is 0.244. The first-order chi connectivity index (χ1) is 21.9. The Balaban J connectivity index is 1.79. The van der Waals surface area contributed by atoms with Crippen molar-refractivity contribution in [1.29, 1.82) is 0 Å². The Morgan fingerprint density at radius 2 is 1.78 bits per heavy atom. The Kier molecular flexibility index (Phi) is 10.9. The van der Waals surface area contributed by atoms with E-state index in [4.69, 9.17) is 18.9 Å². The van der Waals surface area contributed by atoms with Crippen LogP contribution in [0, 0.1) is 12.8 Å². The van der Waals surface area contributed by atoms with Gasteiger partial charge in [0.1, 0.15) is 10.9 Å². The van der Waals surface area contributed by atoms with Crippen molar-refractivity contribution in [3.05, 3.63) is 56.2 Å². The molecular formula is C33H40N4O8S. The molecule has 0 aliphatic heterocycles. The Bertz CT molecular complexity index is 1700. The zero-order valence-corrected chi connectivity index (χ0v) is 28.1. The molecule has 3 aromatic rings. The highest BCUT2D eigenvalue weighted by molar-refractivity contribution is 7.17. The summed E-state index contributed by atoms with van der Waals surface area (Å²) in [7, 11) is 4.61. The van der Waals surface area contributed by atoms with Crippen molar-refractivity contribution in [3.8, 4) is 28.4 Å². The normalized spacial score (nSPS) is 14.2. The van der Waals surface area contributed by atoms with Gasteiger partial charge in [0.25, 0.3) is 0 Å². The number of ether oxygens (including phenoxy) is 4. The number of esters is 1. The number of nitrogens with one attached hydrogen (secondary N) is 3. The van der Waals surface area contributed by atoms with Crippen molar-refractivity contribution in [3.63, 3.8) is 0 Å². The molecule has 1 heterocycles. The lowest BCUT2D eigenvalue weighted by Crippen LogP contribution is -2.39. The van der Waals surface area contributed by atoms with Gasteiger partial charge in [0.2, 0.25) is 23.0 Å². The SMILES string of the molecule is CCOC(=O)c1sc(NC(=O)[C@@H](Nc2ccc3c(cc2=O)[C@@H](NC(C)=O)CCc2cc(OC)c(OC)c(OC)c2-3)C(C)C)nc1C. The molecule has 2 amide bonds. The molecule has 1 aliphatic carbocycles. The number of hydrogen-bond donors (Lipinski definition) is 3. The van der Waals surface area contributed by atoms with Gasteiger partial charge < -0.3 is 34.9 Å². The second kappa shape index (κ2) is 14.6. The van der Waals surface area contributed by atoms with Gasteiger partial charge in [0.05, 0.1) is 45.4 Å². The van der Waals surface area contributed by atoms with Gasteiger partial charge in [-0.3, -0.25) is 14.4 Å². The first kappa shape index (κ1) is 34.2. The van der Waals surface area contributed by atoms with E-state index in [0.29, 0.717) is 51.8 Å². The molecule has 13 heteroatoms. The standard InChI is InChI=1S/C33H40N4O8S/c1-9-45-32(41)30-17(4)34-33(46-30)37-31(40)27(16(2)3)36-23-13-11-20-21(15-24(23)39)22(35-18(5)38)12-10-19-14-25(42-6)28(43-7)29(44-8)26(19)20/h11,13-16,22,27H,9-10,12H2,1-8H3,(H,35,38)(H,36,39)(H,34,37,40)/t22-,27-/m0/s1. The number of aryl methyl sites for hydroxylation is 2. The Hall–Kier alpha value is -4.65. The third-order valence-electron chi connectivity index (χ3n) is 7.66. The van der Waals surface area contributed by atoms with Crippen LogP contribution in [0.15, 0.2) is 29.1 Å². The van der Waals surface area contributed by atoms with E-state index in [1.165, 1.54) is 27.2 Å². The van der Waals surface area contributed by atoms with Crippen LogP contribution in [-0.2, 0) is 20.7 Å². The van der Waals surface area contributed by atoms with E-state index in [1.54, 1.807) is 33.1 Å². The molecule has 4 rings (SSSR count). The monoisotopic (exact) mass is 652 g/mol. The lowest BCUT2D eigenvalue weighted by atomic mass is 9.95. The number of carbonyl (C=O) groups is 3. The Morgan fingerprint density at radius 1 is 1.07 bits per heavy atom. The average Bonchev–Trinajstić information content (AvgIpc) is 3.21. The summed E-state index contributed by atoms with van der Waals surface area (Å²) < 4.78 is 22.2. The summed E-state index contributed by atoms with van der Waals surface area (Å²) in [5, 5.41) is 9.15. The molecule has 0 spiro atoms. The smallest absolute Gasteiger partial charge is 0.350 e. The molecule has 246 valence electrons. The highest BCUT2D eigenvalue weighted by Crippen LogP contribution is 2.50. The molecule has 0 unspecified atom stereocenters. The number of hydrogen-bond acceptors (Lipinski definition) is 11. The summed E-state index contributed by atoms with van der Waals surface area (Å²) in [5.74, 6) is -0.0580. The van der Waals surface area contributed by atoms with Gasteiger partial charge in [-0.15, -0.1) is 0 Å². The summed E-state index contributed by atoms with van der Waals surface area (Å²) in [6, 6.07) is 5.49. The van der Waals surface area contributed by atoms with Crippen LogP contribution in [0.4, 0.5) is 10.8 Å². The van der Waals surface area contributed by atoms with E-state index < -0.39 is 24.0 Å².